The van der Waals surface area contributed by atoms with Crippen molar-refractivity contribution in [3.8, 4) is 0 Å². The number of amides is 1. The molecule has 0 aliphatic rings. The third kappa shape index (κ3) is 11.5. The SMILES string of the molecule is O=C(CCCCCl)NCCOCC(F)F. The number of alkyl halides is 3. The summed E-state index contributed by atoms with van der Waals surface area (Å²) in [5, 5.41) is 2.56. The minimum atomic E-state index is -2.45. The lowest BCUT2D eigenvalue weighted by molar-refractivity contribution is -0.121. The van der Waals surface area contributed by atoms with Gasteiger partial charge in [-0.3, -0.25) is 4.79 Å². The van der Waals surface area contributed by atoms with Gasteiger partial charge in [0.05, 0.1) is 6.61 Å². The molecule has 15 heavy (non-hydrogen) atoms. The number of hydrogen-bond acceptors (Lipinski definition) is 2. The Balaban J connectivity index is 3.17. The highest BCUT2D eigenvalue weighted by molar-refractivity contribution is 6.17. The molecule has 6 heteroatoms. The van der Waals surface area contributed by atoms with Gasteiger partial charge in [-0.25, -0.2) is 8.78 Å². The van der Waals surface area contributed by atoms with Gasteiger partial charge in [-0.05, 0) is 12.8 Å². The largest absolute Gasteiger partial charge is 0.374 e. The van der Waals surface area contributed by atoms with E-state index < -0.39 is 13.0 Å². The summed E-state index contributed by atoms with van der Waals surface area (Å²) in [6, 6.07) is 0. The maximum Gasteiger partial charge on any atom is 0.261 e. The fourth-order valence-electron chi connectivity index (χ4n) is 0.903. The highest BCUT2D eigenvalue weighted by Gasteiger charge is 2.02. The number of ether oxygens (including phenoxy) is 1. The monoisotopic (exact) mass is 243 g/mol. The molecule has 0 aromatic rings. The molecule has 90 valence electrons. The number of halogens is 3. The summed E-state index contributed by atoms with van der Waals surface area (Å²) < 4.78 is 27.8. The maximum atomic E-state index is 11.6. The first-order valence-corrected chi connectivity index (χ1v) is 5.39. The van der Waals surface area contributed by atoms with Crippen LogP contribution in [0.1, 0.15) is 19.3 Å². The number of hydrogen-bond donors (Lipinski definition) is 1. The zero-order valence-electron chi connectivity index (χ0n) is 8.48. The van der Waals surface area contributed by atoms with E-state index >= 15 is 0 Å². The Morgan fingerprint density at radius 2 is 2.13 bits per heavy atom. The molecule has 1 amide bonds. The first-order chi connectivity index (χ1) is 7.16. The van der Waals surface area contributed by atoms with Crippen molar-refractivity contribution in [2.75, 3.05) is 25.6 Å². The van der Waals surface area contributed by atoms with Crippen LogP contribution >= 0.6 is 11.6 Å². The Morgan fingerprint density at radius 3 is 2.73 bits per heavy atom. The van der Waals surface area contributed by atoms with Crippen LogP contribution in [0, 0.1) is 0 Å². The van der Waals surface area contributed by atoms with Gasteiger partial charge in [0, 0.05) is 18.8 Å². The summed E-state index contributed by atoms with van der Waals surface area (Å²) >= 11 is 5.44. The Kier molecular flexibility index (Phi) is 9.83. The molecule has 0 aromatic carbocycles. The van der Waals surface area contributed by atoms with E-state index in [9.17, 15) is 13.6 Å². The van der Waals surface area contributed by atoms with Gasteiger partial charge >= 0.3 is 0 Å². The summed E-state index contributed by atoms with van der Waals surface area (Å²) in [5.41, 5.74) is 0. The third-order valence-corrected chi connectivity index (χ3v) is 1.87. The van der Waals surface area contributed by atoms with Crippen molar-refractivity contribution < 1.29 is 18.3 Å². The molecular formula is C9H16ClF2NO2. The summed E-state index contributed by atoms with van der Waals surface area (Å²) in [7, 11) is 0. The van der Waals surface area contributed by atoms with E-state index in [1.807, 2.05) is 0 Å². The van der Waals surface area contributed by atoms with Gasteiger partial charge in [-0.1, -0.05) is 0 Å². The second-order valence-electron chi connectivity index (χ2n) is 2.96. The smallest absolute Gasteiger partial charge is 0.261 e. The number of nitrogens with one attached hydrogen (secondary N) is 1. The molecule has 0 aliphatic heterocycles. The minimum Gasteiger partial charge on any atom is -0.374 e. The van der Waals surface area contributed by atoms with Gasteiger partial charge in [-0.15, -0.1) is 11.6 Å². The standard InChI is InChI=1S/C9H16ClF2NO2/c10-4-2-1-3-9(14)13-5-6-15-7-8(11)12/h8H,1-7H2,(H,13,14). The molecule has 0 bridgehead atoms. The molecule has 0 saturated carbocycles. The van der Waals surface area contributed by atoms with E-state index in [0.29, 0.717) is 12.3 Å². The first-order valence-electron chi connectivity index (χ1n) is 4.85. The van der Waals surface area contributed by atoms with Crippen LogP contribution in [0.2, 0.25) is 0 Å². The molecule has 0 fully saturated rings. The summed E-state index contributed by atoms with van der Waals surface area (Å²) in [4.78, 5) is 11.1. The second-order valence-corrected chi connectivity index (χ2v) is 3.34. The Hall–Kier alpha value is -0.420. The van der Waals surface area contributed by atoms with Crippen molar-refractivity contribution in [3.05, 3.63) is 0 Å². The predicted octanol–water partition coefficient (Wildman–Crippen LogP) is 1.79. The molecule has 3 nitrogen and oxygen atoms in total. The first kappa shape index (κ1) is 14.6. The number of unbranched alkanes of at least 4 members (excludes halogenated alkanes) is 1. The predicted molar refractivity (Wildman–Crippen MR) is 54.4 cm³/mol. The van der Waals surface area contributed by atoms with E-state index in [2.05, 4.69) is 10.1 Å². The van der Waals surface area contributed by atoms with E-state index in [4.69, 9.17) is 11.6 Å². The number of carbonyl (C=O) groups is 1. The normalized spacial score (nSPS) is 10.7. The summed E-state index contributed by atoms with van der Waals surface area (Å²) in [6.07, 6.45) is -0.490. The van der Waals surface area contributed by atoms with Gasteiger partial charge in [0.2, 0.25) is 5.91 Å². The van der Waals surface area contributed by atoms with Crippen LogP contribution in [-0.2, 0) is 9.53 Å². The van der Waals surface area contributed by atoms with Crippen LogP contribution in [0.4, 0.5) is 8.78 Å². The lowest BCUT2D eigenvalue weighted by Crippen LogP contribution is -2.27. The van der Waals surface area contributed by atoms with Crippen LogP contribution in [0.25, 0.3) is 0 Å². The molecule has 0 aromatic heterocycles. The fraction of sp³-hybridized carbons (Fsp3) is 0.889. The highest BCUT2D eigenvalue weighted by Crippen LogP contribution is 1.96. The van der Waals surface area contributed by atoms with Gasteiger partial charge in [0.15, 0.2) is 0 Å². The van der Waals surface area contributed by atoms with Crippen molar-refractivity contribution in [2.45, 2.75) is 25.7 Å². The Labute approximate surface area is 93.1 Å². The van der Waals surface area contributed by atoms with Gasteiger partial charge < -0.3 is 10.1 Å². The van der Waals surface area contributed by atoms with Crippen molar-refractivity contribution in [1.82, 2.24) is 5.32 Å². The van der Waals surface area contributed by atoms with Crippen LogP contribution in [0.3, 0.4) is 0 Å². The second kappa shape index (κ2) is 10.1. The van der Waals surface area contributed by atoms with E-state index in [1.165, 1.54) is 0 Å². The zero-order valence-corrected chi connectivity index (χ0v) is 9.23. The molecule has 0 saturated heterocycles. The zero-order chi connectivity index (χ0) is 11.5. The molecule has 0 heterocycles. The number of rotatable bonds is 9. The highest BCUT2D eigenvalue weighted by atomic mass is 35.5. The third-order valence-electron chi connectivity index (χ3n) is 1.60. The Morgan fingerprint density at radius 1 is 1.40 bits per heavy atom. The molecule has 0 aliphatic carbocycles. The van der Waals surface area contributed by atoms with E-state index in [0.717, 1.165) is 12.8 Å². The molecule has 0 unspecified atom stereocenters. The molecule has 0 spiro atoms. The fourth-order valence-corrected chi connectivity index (χ4v) is 1.09. The van der Waals surface area contributed by atoms with Crippen LogP contribution in [0.5, 0.6) is 0 Å². The summed E-state index contributed by atoms with van der Waals surface area (Å²) in [5.74, 6) is 0.450. The Bertz CT molecular complexity index is 170. The summed E-state index contributed by atoms with van der Waals surface area (Å²) in [6.45, 7) is -0.194. The molecule has 0 atom stereocenters. The molecule has 0 radical (unpaired) electrons. The van der Waals surface area contributed by atoms with Crippen molar-refractivity contribution in [2.24, 2.45) is 0 Å². The molecule has 1 N–H and O–H groups in total. The van der Waals surface area contributed by atoms with Gasteiger partial charge in [-0.2, -0.15) is 0 Å². The van der Waals surface area contributed by atoms with Crippen LogP contribution in [-0.4, -0.2) is 38.0 Å². The molecular weight excluding hydrogens is 228 g/mol. The quantitative estimate of drug-likeness (QED) is 0.495. The van der Waals surface area contributed by atoms with Crippen LogP contribution < -0.4 is 5.32 Å². The maximum absolute atomic E-state index is 11.6. The van der Waals surface area contributed by atoms with E-state index in [1.54, 1.807) is 0 Å². The molecule has 0 rings (SSSR count). The van der Waals surface area contributed by atoms with E-state index in [-0.39, 0.29) is 19.1 Å². The average molecular weight is 244 g/mol. The van der Waals surface area contributed by atoms with Crippen LogP contribution in [0.15, 0.2) is 0 Å². The lowest BCUT2D eigenvalue weighted by atomic mass is 10.2. The minimum absolute atomic E-state index is 0.0965. The number of carbonyl (C=O) groups excluding carboxylic acids is 1. The average Bonchev–Trinajstić information content (AvgIpc) is 2.17. The van der Waals surface area contributed by atoms with Crippen molar-refractivity contribution in [3.63, 3.8) is 0 Å². The van der Waals surface area contributed by atoms with Crippen molar-refractivity contribution >= 4 is 17.5 Å². The topological polar surface area (TPSA) is 38.3 Å². The van der Waals surface area contributed by atoms with Gasteiger partial charge in [0.1, 0.15) is 6.61 Å². The van der Waals surface area contributed by atoms with Crippen molar-refractivity contribution in [1.29, 1.82) is 0 Å². The van der Waals surface area contributed by atoms with Gasteiger partial charge in [0.25, 0.3) is 6.43 Å². The lowest BCUT2D eigenvalue weighted by Gasteiger charge is -2.05.